The SMILES string of the molecule is Cc1cncc(NC(=O)NCCCCCC(=O)O)c1. The third kappa shape index (κ3) is 7.03. The highest BCUT2D eigenvalue weighted by Crippen LogP contribution is 2.06. The predicted molar refractivity (Wildman–Crippen MR) is 72.1 cm³/mol. The molecule has 0 saturated carbocycles. The minimum absolute atomic E-state index is 0.182. The maximum atomic E-state index is 11.5. The molecule has 104 valence electrons. The Morgan fingerprint density at radius 3 is 2.74 bits per heavy atom. The van der Waals surface area contributed by atoms with Crippen LogP contribution in [-0.2, 0) is 4.79 Å². The Morgan fingerprint density at radius 1 is 1.26 bits per heavy atom. The first-order valence-electron chi connectivity index (χ1n) is 6.26. The fraction of sp³-hybridized carbons (Fsp3) is 0.462. The number of amides is 2. The summed E-state index contributed by atoms with van der Waals surface area (Å²) in [5, 5.41) is 13.9. The topological polar surface area (TPSA) is 91.3 Å². The van der Waals surface area contributed by atoms with E-state index in [9.17, 15) is 9.59 Å². The molecule has 6 nitrogen and oxygen atoms in total. The number of rotatable bonds is 7. The van der Waals surface area contributed by atoms with Crippen LogP contribution in [0.4, 0.5) is 10.5 Å². The van der Waals surface area contributed by atoms with Crippen LogP contribution in [0.3, 0.4) is 0 Å². The maximum absolute atomic E-state index is 11.5. The Kier molecular flexibility index (Phi) is 6.35. The molecule has 0 aromatic carbocycles. The molecule has 0 aliphatic rings. The zero-order valence-electron chi connectivity index (χ0n) is 11.0. The van der Waals surface area contributed by atoms with E-state index in [4.69, 9.17) is 5.11 Å². The lowest BCUT2D eigenvalue weighted by atomic mass is 10.2. The summed E-state index contributed by atoms with van der Waals surface area (Å²) in [7, 11) is 0. The van der Waals surface area contributed by atoms with E-state index in [1.54, 1.807) is 12.4 Å². The molecule has 1 heterocycles. The Labute approximate surface area is 112 Å². The molecule has 3 N–H and O–H groups in total. The maximum Gasteiger partial charge on any atom is 0.319 e. The number of nitrogens with one attached hydrogen (secondary N) is 2. The minimum atomic E-state index is -0.780. The van der Waals surface area contributed by atoms with Crippen LogP contribution in [0.2, 0.25) is 0 Å². The second-order valence-electron chi connectivity index (χ2n) is 4.34. The molecule has 6 heteroatoms. The van der Waals surface area contributed by atoms with Gasteiger partial charge in [0.25, 0.3) is 0 Å². The van der Waals surface area contributed by atoms with Gasteiger partial charge in [-0.1, -0.05) is 6.42 Å². The van der Waals surface area contributed by atoms with E-state index >= 15 is 0 Å². The number of aliphatic carboxylic acids is 1. The lowest BCUT2D eigenvalue weighted by molar-refractivity contribution is -0.137. The standard InChI is InChI=1S/C13H19N3O3/c1-10-7-11(9-14-8-10)16-13(19)15-6-4-2-3-5-12(17)18/h7-9H,2-6H2,1H3,(H,17,18)(H2,15,16,19). The van der Waals surface area contributed by atoms with Crippen LogP contribution in [0.5, 0.6) is 0 Å². The van der Waals surface area contributed by atoms with Gasteiger partial charge >= 0.3 is 12.0 Å². The van der Waals surface area contributed by atoms with Gasteiger partial charge < -0.3 is 15.7 Å². The summed E-state index contributed by atoms with van der Waals surface area (Å²) in [5.41, 5.74) is 1.63. The van der Waals surface area contributed by atoms with Gasteiger partial charge in [-0.2, -0.15) is 0 Å². The molecule has 0 bridgehead atoms. The number of hydrogen-bond donors (Lipinski definition) is 3. The molecular weight excluding hydrogens is 246 g/mol. The van der Waals surface area contributed by atoms with E-state index in [-0.39, 0.29) is 12.5 Å². The second kappa shape index (κ2) is 8.07. The van der Waals surface area contributed by atoms with Crippen molar-refractivity contribution in [3.8, 4) is 0 Å². The normalized spacial score (nSPS) is 9.95. The van der Waals surface area contributed by atoms with Crippen molar-refractivity contribution in [2.45, 2.75) is 32.6 Å². The minimum Gasteiger partial charge on any atom is -0.481 e. The van der Waals surface area contributed by atoms with E-state index in [1.165, 1.54) is 0 Å². The number of carboxylic acids is 1. The van der Waals surface area contributed by atoms with Gasteiger partial charge in [0.2, 0.25) is 0 Å². The first kappa shape index (κ1) is 14.9. The molecule has 1 aromatic rings. The fourth-order valence-electron chi connectivity index (χ4n) is 1.58. The molecule has 0 fully saturated rings. The van der Waals surface area contributed by atoms with Gasteiger partial charge in [0.05, 0.1) is 11.9 Å². The molecule has 0 aliphatic heterocycles. The average molecular weight is 265 g/mol. The molecule has 1 aromatic heterocycles. The number of carbonyl (C=O) groups excluding carboxylic acids is 1. The fourth-order valence-corrected chi connectivity index (χ4v) is 1.58. The van der Waals surface area contributed by atoms with Gasteiger partial charge in [0.15, 0.2) is 0 Å². The Morgan fingerprint density at radius 2 is 2.05 bits per heavy atom. The van der Waals surface area contributed by atoms with Crippen LogP contribution < -0.4 is 10.6 Å². The van der Waals surface area contributed by atoms with Gasteiger partial charge in [0.1, 0.15) is 0 Å². The Bertz CT molecular complexity index is 435. The van der Waals surface area contributed by atoms with Gasteiger partial charge in [-0.25, -0.2) is 4.79 Å². The molecule has 1 rings (SSSR count). The largest absolute Gasteiger partial charge is 0.481 e. The van der Waals surface area contributed by atoms with E-state index in [0.717, 1.165) is 18.4 Å². The van der Waals surface area contributed by atoms with Crippen molar-refractivity contribution in [3.05, 3.63) is 24.0 Å². The van der Waals surface area contributed by atoms with Gasteiger partial charge in [-0.3, -0.25) is 9.78 Å². The van der Waals surface area contributed by atoms with Crippen molar-refractivity contribution in [3.63, 3.8) is 0 Å². The van der Waals surface area contributed by atoms with E-state index in [0.29, 0.717) is 18.7 Å². The van der Waals surface area contributed by atoms with E-state index < -0.39 is 5.97 Å². The highest BCUT2D eigenvalue weighted by atomic mass is 16.4. The van der Waals surface area contributed by atoms with Crippen LogP contribution in [0.15, 0.2) is 18.5 Å². The van der Waals surface area contributed by atoms with Crippen molar-refractivity contribution in [1.82, 2.24) is 10.3 Å². The van der Waals surface area contributed by atoms with Crippen LogP contribution in [-0.4, -0.2) is 28.6 Å². The zero-order valence-corrected chi connectivity index (χ0v) is 11.0. The number of urea groups is 1. The molecule has 0 radical (unpaired) electrons. The van der Waals surface area contributed by atoms with Crippen molar-refractivity contribution >= 4 is 17.7 Å². The van der Waals surface area contributed by atoms with Gasteiger partial charge in [-0.05, 0) is 31.4 Å². The molecule has 0 unspecified atom stereocenters. The van der Waals surface area contributed by atoms with Crippen LogP contribution in [0.1, 0.15) is 31.2 Å². The number of carboxylic acid groups (broad SMARTS) is 1. The van der Waals surface area contributed by atoms with Gasteiger partial charge in [0, 0.05) is 19.2 Å². The molecule has 2 amide bonds. The molecule has 0 atom stereocenters. The highest BCUT2D eigenvalue weighted by molar-refractivity contribution is 5.89. The lowest BCUT2D eigenvalue weighted by Gasteiger charge is -2.07. The van der Waals surface area contributed by atoms with Crippen LogP contribution in [0, 0.1) is 6.92 Å². The number of aryl methyl sites for hydroxylation is 1. The first-order chi connectivity index (χ1) is 9.08. The number of aromatic nitrogens is 1. The van der Waals surface area contributed by atoms with Crippen molar-refractivity contribution in [2.24, 2.45) is 0 Å². The monoisotopic (exact) mass is 265 g/mol. The Hall–Kier alpha value is -2.11. The quantitative estimate of drug-likeness (QED) is 0.659. The third-order valence-corrected chi connectivity index (χ3v) is 2.49. The number of anilines is 1. The van der Waals surface area contributed by atoms with Crippen molar-refractivity contribution in [1.29, 1.82) is 0 Å². The molecule has 0 saturated heterocycles. The molecular formula is C13H19N3O3. The zero-order chi connectivity index (χ0) is 14.1. The van der Waals surface area contributed by atoms with E-state index in [2.05, 4.69) is 15.6 Å². The number of hydrogen-bond acceptors (Lipinski definition) is 3. The summed E-state index contributed by atoms with van der Waals surface area (Å²) in [6.45, 7) is 2.43. The third-order valence-electron chi connectivity index (χ3n) is 2.49. The van der Waals surface area contributed by atoms with E-state index in [1.807, 2.05) is 13.0 Å². The first-order valence-corrected chi connectivity index (χ1v) is 6.26. The molecule has 0 aliphatic carbocycles. The predicted octanol–water partition coefficient (Wildman–Crippen LogP) is 2.16. The smallest absolute Gasteiger partial charge is 0.319 e. The number of unbranched alkanes of at least 4 members (excludes halogenated alkanes) is 2. The summed E-state index contributed by atoms with van der Waals surface area (Å²) in [4.78, 5) is 25.8. The Balaban J connectivity index is 2.13. The average Bonchev–Trinajstić information content (AvgIpc) is 2.33. The number of pyridine rings is 1. The summed E-state index contributed by atoms with van der Waals surface area (Å²) in [6.07, 6.45) is 5.68. The molecule has 19 heavy (non-hydrogen) atoms. The highest BCUT2D eigenvalue weighted by Gasteiger charge is 2.01. The van der Waals surface area contributed by atoms with Crippen LogP contribution >= 0.6 is 0 Å². The number of carbonyl (C=O) groups is 2. The van der Waals surface area contributed by atoms with Crippen LogP contribution in [0.25, 0.3) is 0 Å². The molecule has 0 spiro atoms. The second-order valence-corrected chi connectivity index (χ2v) is 4.34. The van der Waals surface area contributed by atoms with Crippen molar-refractivity contribution in [2.75, 3.05) is 11.9 Å². The summed E-state index contributed by atoms with van der Waals surface area (Å²) >= 11 is 0. The number of nitrogens with zero attached hydrogens (tertiary/aromatic N) is 1. The summed E-state index contributed by atoms with van der Waals surface area (Å²) < 4.78 is 0. The van der Waals surface area contributed by atoms with Gasteiger partial charge in [-0.15, -0.1) is 0 Å². The lowest BCUT2D eigenvalue weighted by Crippen LogP contribution is -2.29. The summed E-state index contributed by atoms with van der Waals surface area (Å²) in [6, 6.07) is 1.56. The summed E-state index contributed by atoms with van der Waals surface area (Å²) in [5.74, 6) is -0.780. The van der Waals surface area contributed by atoms with Crippen molar-refractivity contribution < 1.29 is 14.7 Å².